The predicted molar refractivity (Wildman–Crippen MR) is 70.6 cm³/mol. The van der Waals surface area contributed by atoms with Crippen LogP contribution in [0.3, 0.4) is 0 Å². The van der Waals surface area contributed by atoms with Crippen molar-refractivity contribution in [2.24, 2.45) is 10.9 Å². The number of hydrogen-bond donors (Lipinski definition) is 1. The van der Waals surface area contributed by atoms with Gasteiger partial charge in [-0.1, -0.05) is 16.8 Å². The number of halogens is 1. The van der Waals surface area contributed by atoms with Crippen LogP contribution in [0.1, 0.15) is 16.1 Å². The summed E-state index contributed by atoms with van der Waals surface area (Å²) in [5, 5.41) is 4.11. The monoisotopic (exact) mass is 276 g/mol. The van der Waals surface area contributed by atoms with E-state index in [9.17, 15) is 4.79 Å². The van der Waals surface area contributed by atoms with Crippen LogP contribution in [-0.2, 0) is 4.84 Å². The molecule has 19 heavy (non-hydrogen) atoms. The third-order valence-electron chi connectivity index (χ3n) is 2.29. The molecule has 0 aliphatic heterocycles. The quantitative estimate of drug-likeness (QED) is 0.400. The highest BCUT2D eigenvalue weighted by molar-refractivity contribution is 6.30. The molecule has 1 aromatic heterocycles. The van der Waals surface area contributed by atoms with Gasteiger partial charge in [-0.3, -0.25) is 0 Å². The number of amidine groups is 1. The zero-order chi connectivity index (χ0) is 13.7. The van der Waals surface area contributed by atoms with Gasteiger partial charge in [0.1, 0.15) is 0 Å². The van der Waals surface area contributed by atoms with Crippen molar-refractivity contribution in [1.82, 2.24) is 0 Å². The Morgan fingerprint density at radius 2 is 1.95 bits per heavy atom. The van der Waals surface area contributed by atoms with Gasteiger partial charge in [0.05, 0.1) is 5.56 Å². The first-order valence-electron chi connectivity index (χ1n) is 5.44. The van der Waals surface area contributed by atoms with Gasteiger partial charge in [0, 0.05) is 17.2 Å². The minimum absolute atomic E-state index is 0.0860. The van der Waals surface area contributed by atoms with Crippen molar-refractivity contribution in [1.29, 1.82) is 0 Å². The number of rotatable bonds is 3. The van der Waals surface area contributed by atoms with E-state index < -0.39 is 5.97 Å². The maximum absolute atomic E-state index is 11.7. The van der Waals surface area contributed by atoms with Crippen LogP contribution in [0.5, 0.6) is 0 Å². The van der Waals surface area contributed by atoms with Crippen LogP contribution in [0.15, 0.2) is 53.8 Å². The molecule has 1 aromatic carbocycles. The molecule has 0 saturated carbocycles. The lowest BCUT2D eigenvalue weighted by atomic mass is 10.2. The lowest BCUT2D eigenvalue weighted by Gasteiger charge is -1.98. The summed E-state index contributed by atoms with van der Waals surface area (Å²) >= 11 is 5.72. The van der Waals surface area contributed by atoms with Gasteiger partial charge in [-0.05, 0) is 30.3 Å². The first kappa shape index (κ1) is 13.0. The molecule has 1 heterocycles. The van der Waals surface area contributed by atoms with Crippen LogP contribution < -0.4 is 10.7 Å². The highest BCUT2D eigenvalue weighted by Crippen LogP contribution is 2.10. The molecule has 2 rings (SSSR count). The Labute approximate surface area is 114 Å². The van der Waals surface area contributed by atoms with E-state index in [0.717, 1.165) is 0 Å². The lowest BCUT2D eigenvalue weighted by Crippen LogP contribution is -2.24. The van der Waals surface area contributed by atoms with Crippen LogP contribution in [0.25, 0.3) is 0 Å². The van der Waals surface area contributed by atoms with Crippen molar-refractivity contribution >= 4 is 23.4 Å². The highest BCUT2D eigenvalue weighted by atomic mass is 35.5. The molecule has 0 fully saturated rings. The molecule has 5 nitrogen and oxygen atoms in total. The first-order chi connectivity index (χ1) is 9.16. The molecule has 0 unspecified atom stereocenters. The van der Waals surface area contributed by atoms with Crippen LogP contribution in [0.4, 0.5) is 0 Å². The zero-order valence-electron chi connectivity index (χ0n) is 9.84. The van der Waals surface area contributed by atoms with E-state index in [2.05, 4.69) is 10.1 Å². The average Bonchev–Trinajstić information content (AvgIpc) is 2.46. The number of hydrogen-bond acceptors (Lipinski definition) is 3. The number of pyridine rings is 1. The minimum atomic E-state index is -0.601. The number of oxime groups is 1. The Hall–Kier alpha value is -2.40. The third-order valence-corrected chi connectivity index (χ3v) is 2.54. The van der Waals surface area contributed by atoms with Crippen molar-refractivity contribution in [2.75, 3.05) is 0 Å². The van der Waals surface area contributed by atoms with E-state index in [-0.39, 0.29) is 5.84 Å². The van der Waals surface area contributed by atoms with Crippen LogP contribution >= 0.6 is 11.6 Å². The number of aromatic nitrogens is 1. The summed E-state index contributed by atoms with van der Waals surface area (Å²) < 4.78 is 0. The number of nitrogens with zero attached hydrogens (tertiary/aromatic N) is 1. The Morgan fingerprint density at radius 3 is 2.58 bits per heavy atom. The molecule has 0 saturated heterocycles. The van der Waals surface area contributed by atoms with E-state index >= 15 is 0 Å². The van der Waals surface area contributed by atoms with Gasteiger partial charge in [-0.15, -0.1) is 0 Å². The molecule has 0 amide bonds. The van der Waals surface area contributed by atoms with E-state index in [4.69, 9.17) is 22.2 Å². The lowest BCUT2D eigenvalue weighted by molar-refractivity contribution is -0.380. The Bertz CT molecular complexity index is 597. The molecule has 0 bridgehead atoms. The Balaban J connectivity index is 2.06. The zero-order valence-corrected chi connectivity index (χ0v) is 10.6. The van der Waals surface area contributed by atoms with Crippen molar-refractivity contribution in [3.05, 3.63) is 64.9 Å². The molecule has 0 aliphatic rings. The second kappa shape index (κ2) is 5.97. The van der Waals surface area contributed by atoms with Crippen molar-refractivity contribution in [3.63, 3.8) is 0 Å². The van der Waals surface area contributed by atoms with Gasteiger partial charge in [-0.2, -0.15) is 0 Å². The Kier molecular flexibility index (Phi) is 4.10. The van der Waals surface area contributed by atoms with Crippen LogP contribution in [0.2, 0.25) is 5.02 Å². The molecular formula is C13H11ClN3O2+. The SMILES string of the molecule is NC(=NOC(=O)c1ccc(Cl)cc1)c1cccc[nH+]1. The van der Waals surface area contributed by atoms with Gasteiger partial charge >= 0.3 is 5.97 Å². The largest absolute Gasteiger partial charge is 0.375 e. The number of H-pyrrole nitrogens is 1. The molecule has 96 valence electrons. The van der Waals surface area contributed by atoms with E-state index in [1.54, 1.807) is 48.7 Å². The maximum Gasteiger partial charge on any atom is 0.365 e. The predicted octanol–water partition coefficient (Wildman–Crippen LogP) is 1.63. The van der Waals surface area contributed by atoms with Gasteiger partial charge in [0.2, 0.25) is 11.5 Å². The second-order valence-corrected chi connectivity index (χ2v) is 4.07. The van der Waals surface area contributed by atoms with Gasteiger partial charge < -0.3 is 10.6 Å². The average molecular weight is 277 g/mol. The van der Waals surface area contributed by atoms with Gasteiger partial charge in [0.25, 0.3) is 0 Å². The summed E-state index contributed by atoms with van der Waals surface area (Å²) in [4.78, 5) is 19.3. The number of carbonyl (C=O) groups excluding carboxylic acids is 1. The summed E-state index contributed by atoms with van der Waals surface area (Å²) in [5.41, 5.74) is 6.57. The molecular weight excluding hydrogens is 266 g/mol. The summed E-state index contributed by atoms with van der Waals surface area (Å²) in [6.07, 6.45) is 1.69. The Morgan fingerprint density at radius 1 is 1.21 bits per heavy atom. The number of aromatic amines is 1. The molecule has 3 N–H and O–H groups in total. The van der Waals surface area contributed by atoms with Crippen molar-refractivity contribution in [2.45, 2.75) is 0 Å². The van der Waals surface area contributed by atoms with E-state index in [0.29, 0.717) is 16.3 Å². The number of benzene rings is 1. The topological polar surface area (TPSA) is 78.8 Å². The minimum Gasteiger partial charge on any atom is -0.375 e. The van der Waals surface area contributed by atoms with Crippen LogP contribution in [0, 0.1) is 0 Å². The van der Waals surface area contributed by atoms with Crippen molar-refractivity contribution < 1.29 is 14.6 Å². The summed E-state index contributed by atoms with van der Waals surface area (Å²) in [5.74, 6) is -0.515. The standard InChI is InChI=1S/C13H10ClN3O2/c14-10-6-4-9(5-7-10)13(18)19-17-12(15)11-3-1-2-8-16-11/h1-8H,(H2,15,17)/p+1. The first-order valence-corrected chi connectivity index (χ1v) is 5.82. The maximum atomic E-state index is 11.7. The van der Waals surface area contributed by atoms with E-state index in [1.807, 2.05) is 0 Å². The molecule has 2 aromatic rings. The smallest absolute Gasteiger partial charge is 0.365 e. The highest BCUT2D eigenvalue weighted by Gasteiger charge is 2.10. The number of nitrogens with two attached hydrogens (primary N) is 1. The molecule has 0 aliphatic carbocycles. The molecule has 6 heteroatoms. The summed E-state index contributed by atoms with van der Waals surface area (Å²) in [7, 11) is 0. The fourth-order valence-corrected chi connectivity index (χ4v) is 1.46. The van der Waals surface area contributed by atoms with Gasteiger partial charge in [0.15, 0.2) is 6.20 Å². The normalized spacial score (nSPS) is 11.1. The van der Waals surface area contributed by atoms with Crippen molar-refractivity contribution in [3.8, 4) is 0 Å². The second-order valence-electron chi connectivity index (χ2n) is 3.64. The summed E-state index contributed by atoms with van der Waals surface area (Å²) in [6.45, 7) is 0. The molecule has 0 atom stereocenters. The van der Waals surface area contributed by atoms with Crippen LogP contribution in [-0.4, -0.2) is 11.8 Å². The molecule has 0 radical (unpaired) electrons. The van der Waals surface area contributed by atoms with E-state index in [1.165, 1.54) is 0 Å². The fourth-order valence-electron chi connectivity index (χ4n) is 1.33. The number of carbonyl (C=O) groups is 1. The third kappa shape index (κ3) is 3.53. The fraction of sp³-hybridized carbons (Fsp3) is 0. The van der Waals surface area contributed by atoms with Gasteiger partial charge in [-0.25, -0.2) is 9.78 Å². The number of nitrogens with one attached hydrogen (secondary N) is 1. The molecule has 0 spiro atoms. The summed E-state index contributed by atoms with van der Waals surface area (Å²) in [6, 6.07) is 11.6.